The van der Waals surface area contributed by atoms with Crippen molar-refractivity contribution in [3.8, 4) is 0 Å². The Bertz CT molecular complexity index is 1030. The van der Waals surface area contributed by atoms with E-state index in [9.17, 15) is 4.79 Å². The van der Waals surface area contributed by atoms with Crippen LogP contribution in [0.4, 0.5) is 11.6 Å². The number of anilines is 2. The molecule has 9 nitrogen and oxygen atoms in total. The van der Waals surface area contributed by atoms with Crippen LogP contribution in [0.5, 0.6) is 0 Å². The molecule has 1 unspecified atom stereocenters. The molecule has 1 saturated carbocycles. The van der Waals surface area contributed by atoms with E-state index in [0.29, 0.717) is 40.6 Å². The number of hydrogen-bond acceptors (Lipinski definition) is 8. The standard InChI is InChI=1S/C22H27Cl2N7O2/c23-16-2-1-3-17(24)18(16)29-20(32)15-10-27-21(25)30-19(15)22(33-14-4-5-14)11-28-31(12-22)13-6-8-26-9-7-13/h1-3,10,13-14,26,28H,4-9,11-12H2,(H,29,32)(H2,25,27,30). The molecule has 3 heterocycles. The van der Waals surface area contributed by atoms with Crippen molar-refractivity contribution in [3.05, 3.63) is 45.7 Å². The van der Waals surface area contributed by atoms with Crippen molar-refractivity contribution in [1.29, 1.82) is 0 Å². The van der Waals surface area contributed by atoms with Crippen LogP contribution in [0.25, 0.3) is 0 Å². The minimum Gasteiger partial charge on any atom is -0.368 e. The van der Waals surface area contributed by atoms with Crippen molar-refractivity contribution >= 4 is 40.7 Å². The van der Waals surface area contributed by atoms with Crippen molar-refractivity contribution in [2.24, 2.45) is 0 Å². The van der Waals surface area contributed by atoms with Gasteiger partial charge >= 0.3 is 0 Å². The number of rotatable bonds is 6. The Morgan fingerprint density at radius 1 is 1.21 bits per heavy atom. The Balaban J connectivity index is 1.48. The number of aromatic nitrogens is 2. The molecule has 5 rings (SSSR count). The monoisotopic (exact) mass is 491 g/mol. The number of nitrogen functional groups attached to an aromatic ring is 1. The molecule has 11 heteroatoms. The van der Waals surface area contributed by atoms with Gasteiger partial charge in [-0.2, -0.15) is 0 Å². The quantitative estimate of drug-likeness (QED) is 0.486. The summed E-state index contributed by atoms with van der Waals surface area (Å²) in [5.74, 6) is -0.324. The molecule has 0 bridgehead atoms. The van der Waals surface area contributed by atoms with Gasteiger partial charge in [0.05, 0.1) is 33.1 Å². The molecule has 2 aromatic rings. The van der Waals surface area contributed by atoms with E-state index < -0.39 is 11.5 Å². The van der Waals surface area contributed by atoms with Crippen LogP contribution in [0, 0.1) is 0 Å². The van der Waals surface area contributed by atoms with Gasteiger partial charge in [-0.05, 0) is 50.9 Å². The van der Waals surface area contributed by atoms with Crippen molar-refractivity contribution in [2.45, 2.75) is 43.4 Å². The van der Waals surface area contributed by atoms with Crippen LogP contribution in [0.15, 0.2) is 24.4 Å². The SMILES string of the molecule is Nc1ncc(C(=O)Nc2c(Cl)cccc2Cl)c(C2(OC3CC3)CNN(C3CCNCC3)C2)n1. The maximum Gasteiger partial charge on any atom is 0.259 e. The molecule has 176 valence electrons. The fourth-order valence-corrected chi connectivity index (χ4v) is 4.99. The maximum atomic E-state index is 13.4. The Morgan fingerprint density at radius 2 is 1.94 bits per heavy atom. The molecule has 3 aliphatic rings. The third-order valence-corrected chi connectivity index (χ3v) is 6.97. The predicted octanol–water partition coefficient (Wildman–Crippen LogP) is 2.56. The minimum absolute atomic E-state index is 0.0939. The lowest BCUT2D eigenvalue weighted by molar-refractivity contribution is -0.0517. The van der Waals surface area contributed by atoms with Crippen LogP contribution in [-0.2, 0) is 10.3 Å². The summed E-state index contributed by atoms with van der Waals surface area (Å²) < 4.78 is 6.56. The lowest BCUT2D eigenvalue weighted by Gasteiger charge is -2.33. The second kappa shape index (κ2) is 9.32. The first-order valence-electron chi connectivity index (χ1n) is 11.2. The molecule has 2 saturated heterocycles. The number of carbonyl (C=O) groups is 1. The summed E-state index contributed by atoms with van der Waals surface area (Å²) in [6.45, 7) is 3.02. The summed E-state index contributed by atoms with van der Waals surface area (Å²) in [5.41, 5.74) is 9.78. The van der Waals surface area contributed by atoms with Crippen LogP contribution in [0.3, 0.4) is 0 Å². The fourth-order valence-electron chi connectivity index (χ4n) is 4.50. The Kier molecular flexibility index (Phi) is 6.43. The molecule has 1 aliphatic carbocycles. The van der Waals surface area contributed by atoms with Crippen molar-refractivity contribution in [3.63, 3.8) is 0 Å². The molecule has 5 N–H and O–H groups in total. The maximum absolute atomic E-state index is 13.4. The fraction of sp³-hybridized carbons (Fsp3) is 0.500. The first kappa shape index (κ1) is 22.8. The van der Waals surface area contributed by atoms with Gasteiger partial charge in [0.25, 0.3) is 5.91 Å². The van der Waals surface area contributed by atoms with E-state index in [4.69, 9.17) is 33.7 Å². The number of ether oxygens (including phenoxy) is 1. The number of para-hydroxylation sites is 1. The number of hydrogen-bond donors (Lipinski definition) is 4. The molecule has 1 aromatic heterocycles. The second-order valence-corrected chi connectivity index (χ2v) is 9.61. The topological polar surface area (TPSA) is 117 Å². The third kappa shape index (κ3) is 4.80. The smallest absolute Gasteiger partial charge is 0.259 e. The summed E-state index contributed by atoms with van der Waals surface area (Å²) in [4.78, 5) is 22.0. The number of nitrogens with one attached hydrogen (secondary N) is 3. The molecular formula is C22H27Cl2N7O2. The second-order valence-electron chi connectivity index (χ2n) is 8.80. The minimum atomic E-state index is -0.819. The van der Waals surface area contributed by atoms with Gasteiger partial charge in [0.1, 0.15) is 5.60 Å². The number of nitrogens with two attached hydrogens (primary N) is 1. The van der Waals surface area contributed by atoms with Gasteiger partial charge in [-0.3, -0.25) is 10.2 Å². The molecule has 1 atom stereocenters. The first-order chi connectivity index (χ1) is 15.9. The van der Waals surface area contributed by atoms with Crippen molar-refractivity contribution < 1.29 is 9.53 Å². The highest BCUT2D eigenvalue weighted by Gasteiger charge is 2.49. The van der Waals surface area contributed by atoms with Crippen molar-refractivity contribution in [1.82, 2.24) is 25.7 Å². The number of hydrazine groups is 1. The first-order valence-corrected chi connectivity index (χ1v) is 12.0. The average molecular weight is 492 g/mol. The molecule has 1 aromatic carbocycles. The summed E-state index contributed by atoms with van der Waals surface area (Å²) >= 11 is 12.5. The van der Waals surface area contributed by atoms with Crippen LogP contribution in [-0.4, -0.2) is 59.2 Å². The summed E-state index contributed by atoms with van der Waals surface area (Å²) in [6, 6.07) is 5.43. The Morgan fingerprint density at radius 3 is 2.64 bits per heavy atom. The lowest BCUT2D eigenvalue weighted by atomic mass is 9.94. The summed E-state index contributed by atoms with van der Waals surface area (Å²) in [5, 5.41) is 9.14. The van der Waals surface area contributed by atoms with Gasteiger partial charge in [-0.1, -0.05) is 29.3 Å². The Hall–Kier alpha value is -2.01. The summed E-state index contributed by atoms with van der Waals surface area (Å²) in [7, 11) is 0. The van der Waals surface area contributed by atoms with Crippen LogP contribution < -0.4 is 21.8 Å². The molecule has 1 amide bonds. The number of benzene rings is 1. The molecule has 0 radical (unpaired) electrons. The van der Waals surface area contributed by atoms with Gasteiger partial charge in [-0.15, -0.1) is 0 Å². The molecule has 3 fully saturated rings. The van der Waals surface area contributed by atoms with Gasteiger partial charge in [0.2, 0.25) is 5.95 Å². The van der Waals surface area contributed by atoms with E-state index in [0.717, 1.165) is 38.8 Å². The highest BCUT2D eigenvalue weighted by atomic mass is 35.5. The molecule has 0 spiro atoms. The zero-order valence-corrected chi connectivity index (χ0v) is 19.6. The number of amides is 1. The highest BCUT2D eigenvalue weighted by molar-refractivity contribution is 6.40. The highest BCUT2D eigenvalue weighted by Crippen LogP contribution is 2.40. The molecule has 2 aliphatic heterocycles. The van der Waals surface area contributed by atoms with Gasteiger partial charge < -0.3 is 21.1 Å². The van der Waals surface area contributed by atoms with E-state index in [2.05, 4.69) is 31.0 Å². The number of halogens is 2. The van der Waals surface area contributed by atoms with Crippen molar-refractivity contribution in [2.75, 3.05) is 37.2 Å². The average Bonchev–Trinajstić information content (AvgIpc) is 3.52. The zero-order valence-electron chi connectivity index (χ0n) is 18.1. The van der Waals surface area contributed by atoms with Gasteiger partial charge in [-0.25, -0.2) is 15.0 Å². The number of carbonyl (C=O) groups excluding carboxylic acids is 1. The summed E-state index contributed by atoms with van der Waals surface area (Å²) in [6.07, 6.45) is 5.65. The van der Waals surface area contributed by atoms with Crippen LogP contribution in [0.2, 0.25) is 10.0 Å². The van der Waals surface area contributed by atoms with E-state index >= 15 is 0 Å². The van der Waals surface area contributed by atoms with Gasteiger partial charge in [0, 0.05) is 25.3 Å². The zero-order chi connectivity index (χ0) is 23.0. The number of piperidine rings is 1. The molecule has 33 heavy (non-hydrogen) atoms. The molecular weight excluding hydrogens is 465 g/mol. The third-order valence-electron chi connectivity index (χ3n) is 6.34. The Labute approximate surface area is 202 Å². The largest absolute Gasteiger partial charge is 0.368 e. The van der Waals surface area contributed by atoms with Crippen LogP contribution in [0.1, 0.15) is 41.7 Å². The van der Waals surface area contributed by atoms with Crippen LogP contribution >= 0.6 is 23.2 Å². The number of nitrogens with zero attached hydrogens (tertiary/aromatic N) is 3. The van der Waals surface area contributed by atoms with E-state index in [1.54, 1.807) is 18.2 Å². The van der Waals surface area contributed by atoms with Gasteiger partial charge in [0.15, 0.2) is 0 Å². The lowest BCUT2D eigenvalue weighted by Crippen LogP contribution is -2.47. The predicted molar refractivity (Wildman–Crippen MR) is 127 cm³/mol. The van der Waals surface area contributed by atoms with E-state index in [1.807, 2.05) is 0 Å². The van der Waals surface area contributed by atoms with E-state index in [1.165, 1.54) is 6.20 Å². The normalized spacial score (nSPS) is 24.2. The van der Waals surface area contributed by atoms with E-state index in [-0.39, 0.29) is 17.6 Å².